The molecule has 2 aromatic rings. The third-order valence-electron chi connectivity index (χ3n) is 1.98. The Labute approximate surface area is 94.5 Å². The Bertz CT molecular complexity index is 513. The molecule has 0 saturated heterocycles. The van der Waals surface area contributed by atoms with E-state index in [0.717, 1.165) is 0 Å². The quantitative estimate of drug-likeness (QED) is 0.808. The molecule has 5 nitrogen and oxygen atoms in total. The van der Waals surface area contributed by atoms with Crippen molar-refractivity contribution in [3.8, 4) is 11.4 Å². The summed E-state index contributed by atoms with van der Waals surface area (Å²) in [7, 11) is 0. The van der Waals surface area contributed by atoms with Gasteiger partial charge in [-0.3, -0.25) is 9.78 Å². The van der Waals surface area contributed by atoms with Crippen molar-refractivity contribution in [2.24, 2.45) is 0 Å². The molecular weight excluding hydrogens is 232 g/mol. The van der Waals surface area contributed by atoms with Crippen LogP contribution < -0.4 is 0 Å². The van der Waals surface area contributed by atoms with Crippen molar-refractivity contribution in [1.29, 1.82) is 0 Å². The zero-order valence-electron chi connectivity index (χ0n) is 8.51. The average molecular weight is 239 g/mol. The lowest BCUT2D eigenvalue weighted by Gasteiger charge is -1.92. The SMILES string of the molecule is O=C(Cc1nc(-c2ccncc2)no1)C(F)F. The van der Waals surface area contributed by atoms with E-state index < -0.39 is 18.6 Å². The number of carbonyl (C=O) groups is 1. The summed E-state index contributed by atoms with van der Waals surface area (Å²) in [5.74, 6) is -1.12. The average Bonchev–Trinajstić information content (AvgIpc) is 2.78. The lowest BCUT2D eigenvalue weighted by Crippen LogP contribution is -2.12. The molecule has 0 aromatic carbocycles. The van der Waals surface area contributed by atoms with Crippen molar-refractivity contribution < 1.29 is 18.1 Å². The second-order valence-electron chi connectivity index (χ2n) is 3.19. The smallest absolute Gasteiger partial charge is 0.296 e. The molecule has 0 radical (unpaired) electrons. The van der Waals surface area contributed by atoms with Gasteiger partial charge in [-0.15, -0.1) is 0 Å². The lowest BCUT2D eigenvalue weighted by molar-refractivity contribution is -0.129. The van der Waals surface area contributed by atoms with Crippen molar-refractivity contribution in [2.75, 3.05) is 0 Å². The van der Waals surface area contributed by atoms with Gasteiger partial charge in [0.1, 0.15) is 0 Å². The lowest BCUT2D eigenvalue weighted by atomic mass is 10.2. The number of rotatable bonds is 4. The molecule has 0 aliphatic carbocycles. The number of carbonyl (C=O) groups excluding carboxylic acids is 1. The van der Waals surface area contributed by atoms with Gasteiger partial charge in [-0.25, -0.2) is 8.78 Å². The van der Waals surface area contributed by atoms with Crippen LogP contribution in [0.25, 0.3) is 11.4 Å². The maximum atomic E-state index is 12.0. The minimum Gasteiger partial charge on any atom is -0.338 e. The van der Waals surface area contributed by atoms with Crippen molar-refractivity contribution in [3.05, 3.63) is 30.4 Å². The number of halogens is 2. The summed E-state index contributed by atoms with van der Waals surface area (Å²) < 4.78 is 28.7. The molecule has 2 heterocycles. The largest absolute Gasteiger partial charge is 0.338 e. The summed E-state index contributed by atoms with van der Waals surface area (Å²) in [6, 6.07) is 3.28. The molecular formula is C10H7F2N3O2. The highest BCUT2D eigenvalue weighted by molar-refractivity contribution is 5.83. The summed E-state index contributed by atoms with van der Waals surface area (Å²) in [4.78, 5) is 18.4. The molecule has 2 aromatic heterocycles. The number of pyridine rings is 1. The number of aromatic nitrogens is 3. The Morgan fingerprint density at radius 2 is 2.06 bits per heavy atom. The molecule has 0 saturated carbocycles. The highest BCUT2D eigenvalue weighted by atomic mass is 19.3. The maximum absolute atomic E-state index is 12.0. The van der Waals surface area contributed by atoms with Crippen LogP contribution in [0.1, 0.15) is 5.89 Å². The first-order valence-electron chi connectivity index (χ1n) is 4.70. The van der Waals surface area contributed by atoms with E-state index in [2.05, 4.69) is 15.1 Å². The van der Waals surface area contributed by atoms with Crippen molar-refractivity contribution in [2.45, 2.75) is 12.8 Å². The molecule has 0 fully saturated rings. The van der Waals surface area contributed by atoms with Crippen LogP contribution in [-0.4, -0.2) is 27.3 Å². The minimum absolute atomic E-state index is 0.123. The molecule has 0 unspecified atom stereocenters. The van der Waals surface area contributed by atoms with Gasteiger partial charge in [0.2, 0.25) is 17.5 Å². The summed E-state index contributed by atoms with van der Waals surface area (Å²) in [5, 5.41) is 3.59. The Kier molecular flexibility index (Phi) is 3.17. The normalized spacial score (nSPS) is 10.8. The van der Waals surface area contributed by atoms with Gasteiger partial charge in [0.15, 0.2) is 0 Å². The maximum Gasteiger partial charge on any atom is 0.296 e. The molecule has 7 heteroatoms. The Morgan fingerprint density at radius 3 is 2.71 bits per heavy atom. The molecule has 0 aliphatic heterocycles. The van der Waals surface area contributed by atoms with Gasteiger partial charge >= 0.3 is 0 Å². The van der Waals surface area contributed by atoms with Crippen molar-refractivity contribution in [3.63, 3.8) is 0 Å². The van der Waals surface area contributed by atoms with E-state index in [4.69, 9.17) is 4.52 Å². The van der Waals surface area contributed by atoms with Crippen LogP contribution in [0.4, 0.5) is 8.78 Å². The monoisotopic (exact) mass is 239 g/mol. The standard InChI is InChI=1S/C10H7F2N3O2/c11-9(12)7(16)5-8-14-10(15-17-8)6-1-3-13-4-2-6/h1-4,9H,5H2. The topological polar surface area (TPSA) is 68.9 Å². The molecule has 0 bridgehead atoms. The van der Waals surface area contributed by atoms with E-state index in [9.17, 15) is 13.6 Å². The molecule has 0 amide bonds. The number of hydrogen-bond donors (Lipinski definition) is 0. The second-order valence-corrected chi connectivity index (χ2v) is 3.19. The predicted molar refractivity (Wildman–Crippen MR) is 52.2 cm³/mol. The number of alkyl halides is 2. The fourth-order valence-corrected chi connectivity index (χ4v) is 1.17. The molecule has 0 N–H and O–H groups in total. The number of Topliss-reactive ketones (excluding diaryl/α,β-unsaturated/α-hetero) is 1. The molecule has 0 atom stereocenters. The van der Waals surface area contributed by atoms with Gasteiger partial charge < -0.3 is 4.52 Å². The van der Waals surface area contributed by atoms with Crippen molar-refractivity contribution in [1.82, 2.24) is 15.1 Å². The summed E-state index contributed by atoms with van der Waals surface area (Å²) in [5.41, 5.74) is 0.638. The van der Waals surface area contributed by atoms with E-state index in [1.807, 2.05) is 0 Å². The van der Waals surface area contributed by atoms with Crippen molar-refractivity contribution >= 4 is 5.78 Å². The minimum atomic E-state index is -3.02. The number of ketones is 1. The van der Waals surface area contributed by atoms with E-state index in [1.54, 1.807) is 12.1 Å². The van der Waals surface area contributed by atoms with Gasteiger partial charge in [0, 0.05) is 18.0 Å². The molecule has 0 spiro atoms. The Morgan fingerprint density at radius 1 is 1.35 bits per heavy atom. The van der Waals surface area contributed by atoms with Crippen LogP contribution in [0.5, 0.6) is 0 Å². The Balaban J connectivity index is 2.14. The third-order valence-corrected chi connectivity index (χ3v) is 1.98. The van der Waals surface area contributed by atoms with Crippen LogP contribution in [0, 0.1) is 0 Å². The molecule has 17 heavy (non-hydrogen) atoms. The van der Waals surface area contributed by atoms with E-state index in [-0.39, 0.29) is 11.7 Å². The second kappa shape index (κ2) is 4.77. The van der Waals surface area contributed by atoms with Crippen LogP contribution in [0.3, 0.4) is 0 Å². The van der Waals surface area contributed by atoms with Gasteiger partial charge in [-0.05, 0) is 12.1 Å². The van der Waals surface area contributed by atoms with Crippen LogP contribution >= 0.6 is 0 Å². The third kappa shape index (κ3) is 2.68. The summed E-state index contributed by atoms with van der Waals surface area (Å²) in [6.45, 7) is 0. The first-order chi connectivity index (χ1) is 8.16. The number of nitrogens with zero attached hydrogens (tertiary/aromatic N) is 3. The zero-order valence-corrected chi connectivity index (χ0v) is 8.51. The molecule has 0 aliphatic rings. The van der Waals surface area contributed by atoms with Crippen LogP contribution in [0.15, 0.2) is 29.0 Å². The highest BCUT2D eigenvalue weighted by Gasteiger charge is 2.19. The van der Waals surface area contributed by atoms with Gasteiger partial charge in [0.25, 0.3) is 6.43 Å². The predicted octanol–water partition coefficient (Wildman–Crippen LogP) is 1.51. The van der Waals surface area contributed by atoms with Crippen LogP contribution in [-0.2, 0) is 11.2 Å². The highest BCUT2D eigenvalue weighted by Crippen LogP contribution is 2.14. The van der Waals surface area contributed by atoms with Crippen LogP contribution in [0.2, 0.25) is 0 Å². The molecule has 88 valence electrons. The van der Waals surface area contributed by atoms with E-state index in [1.165, 1.54) is 12.4 Å². The number of hydrogen-bond acceptors (Lipinski definition) is 5. The van der Waals surface area contributed by atoms with E-state index >= 15 is 0 Å². The van der Waals surface area contributed by atoms with Gasteiger partial charge in [0.05, 0.1) is 6.42 Å². The van der Waals surface area contributed by atoms with Gasteiger partial charge in [-0.1, -0.05) is 5.16 Å². The summed E-state index contributed by atoms with van der Waals surface area (Å²) in [6.07, 6.45) is -0.507. The fraction of sp³-hybridized carbons (Fsp3) is 0.200. The Hall–Kier alpha value is -2.18. The summed E-state index contributed by atoms with van der Waals surface area (Å²) >= 11 is 0. The zero-order chi connectivity index (χ0) is 12.3. The fourth-order valence-electron chi connectivity index (χ4n) is 1.17. The van der Waals surface area contributed by atoms with Gasteiger partial charge in [-0.2, -0.15) is 4.98 Å². The first kappa shape index (κ1) is 11.3. The van der Waals surface area contributed by atoms with E-state index in [0.29, 0.717) is 5.56 Å². The first-order valence-corrected chi connectivity index (χ1v) is 4.70. The molecule has 2 rings (SSSR count).